The molecule has 3 N–H and O–H groups in total. The summed E-state index contributed by atoms with van der Waals surface area (Å²) in [5, 5.41) is 16.7. The molecule has 4 aromatic carbocycles. The normalized spacial score (nSPS) is 17.2. The highest BCUT2D eigenvalue weighted by Gasteiger charge is 2.46. The molecule has 0 saturated carbocycles. The van der Waals surface area contributed by atoms with Crippen LogP contribution in [-0.4, -0.2) is 64.1 Å². The topological polar surface area (TPSA) is 123 Å². The molecule has 0 radical (unpaired) electrons. The molecule has 1 heterocycles. The lowest BCUT2D eigenvalue weighted by molar-refractivity contribution is -0.139. The molecular formula is C36H40N2O7S. The van der Waals surface area contributed by atoms with Gasteiger partial charge in [0.1, 0.15) is 34.6 Å². The third-order valence-corrected chi connectivity index (χ3v) is 11.0. The minimum atomic E-state index is -3.78. The molecule has 9 nitrogen and oxygen atoms in total. The van der Waals surface area contributed by atoms with Crippen LogP contribution in [0, 0.1) is 0 Å². The number of nitrogens with one attached hydrogen (secondary N) is 2. The minimum absolute atomic E-state index is 0.0229. The Kier molecular flexibility index (Phi) is 10.6. The van der Waals surface area contributed by atoms with Crippen molar-refractivity contribution in [3.05, 3.63) is 108 Å². The number of carbonyl (C=O) groups is 1. The first-order valence-corrected chi connectivity index (χ1v) is 16.7. The van der Waals surface area contributed by atoms with Crippen LogP contribution >= 0.6 is 0 Å². The molecule has 5 rings (SSSR count). The number of piperidine rings is 1. The van der Waals surface area contributed by atoms with Crippen LogP contribution in [0.2, 0.25) is 0 Å². The van der Waals surface area contributed by atoms with Gasteiger partial charge in [-0.25, -0.2) is 8.42 Å². The molecule has 4 aromatic rings. The van der Waals surface area contributed by atoms with Gasteiger partial charge in [0.2, 0.25) is 0 Å². The van der Waals surface area contributed by atoms with E-state index in [9.17, 15) is 18.3 Å². The van der Waals surface area contributed by atoms with Crippen molar-refractivity contribution in [1.82, 2.24) is 10.6 Å². The molecule has 46 heavy (non-hydrogen) atoms. The molecule has 1 aliphatic rings. The molecule has 0 aromatic heterocycles. The molecular weight excluding hydrogens is 604 g/mol. The van der Waals surface area contributed by atoms with Gasteiger partial charge in [0, 0.05) is 19.5 Å². The number of sulfone groups is 1. The first kappa shape index (κ1) is 33.0. The maximum absolute atomic E-state index is 13.9. The molecule has 242 valence electrons. The lowest BCUT2D eigenvalue weighted by Crippen LogP contribution is -2.59. The van der Waals surface area contributed by atoms with E-state index in [1.54, 1.807) is 44.6 Å². The Balaban J connectivity index is 1.46. The van der Waals surface area contributed by atoms with Crippen molar-refractivity contribution in [3.63, 3.8) is 0 Å². The number of benzene rings is 4. The summed E-state index contributed by atoms with van der Waals surface area (Å²) >= 11 is 0. The average molecular weight is 645 g/mol. The zero-order chi connectivity index (χ0) is 32.6. The number of rotatable bonds is 14. The zero-order valence-corrected chi connectivity index (χ0v) is 26.9. The van der Waals surface area contributed by atoms with E-state index >= 15 is 0 Å². The monoisotopic (exact) mass is 644 g/mol. The lowest BCUT2D eigenvalue weighted by Gasteiger charge is -2.38. The quantitative estimate of drug-likeness (QED) is 0.171. The standard InChI is InChI=1S/C36H40N2O7S/c1-43-31-15-9-16-32(44-2)34(31)28-18-17-27(33(22-28)45-23-26-11-5-3-6-12-26)21-30(35(39)40)38-25-36(19-10-20-37-24-36)46(41,42)29-13-7-4-8-14-29/h3-9,11-18,22,30,37-38H,10,19-21,23-25H2,1-2H3,(H,39,40)/t30-,36?/m0/s1. The summed E-state index contributed by atoms with van der Waals surface area (Å²) in [6.45, 7) is 1.19. The molecule has 10 heteroatoms. The minimum Gasteiger partial charge on any atom is -0.496 e. The Morgan fingerprint density at radius 2 is 1.59 bits per heavy atom. The van der Waals surface area contributed by atoms with Crippen molar-refractivity contribution in [3.8, 4) is 28.4 Å². The Morgan fingerprint density at radius 1 is 0.913 bits per heavy atom. The summed E-state index contributed by atoms with van der Waals surface area (Å²) in [7, 11) is -0.596. The van der Waals surface area contributed by atoms with Gasteiger partial charge in [-0.15, -0.1) is 0 Å². The maximum atomic E-state index is 13.9. The van der Waals surface area contributed by atoms with Gasteiger partial charge in [-0.2, -0.15) is 0 Å². The van der Waals surface area contributed by atoms with E-state index in [0.29, 0.717) is 42.2 Å². The van der Waals surface area contributed by atoms with Crippen LogP contribution in [0.15, 0.2) is 102 Å². The van der Waals surface area contributed by atoms with Gasteiger partial charge >= 0.3 is 5.97 Å². The van der Waals surface area contributed by atoms with Crippen LogP contribution in [0.1, 0.15) is 24.0 Å². The maximum Gasteiger partial charge on any atom is 0.321 e. The number of carboxylic acids is 1. The number of hydrogen-bond donors (Lipinski definition) is 3. The average Bonchev–Trinajstić information content (AvgIpc) is 3.10. The largest absolute Gasteiger partial charge is 0.496 e. The van der Waals surface area contributed by atoms with Crippen molar-refractivity contribution >= 4 is 15.8 Å². The summed E-state index contributed by atoms with van der Waals surface area (Å²) in [4.78, 5) is 12.9. The highest BCUT2D eigenvalue weighted by atomic mass is 32.2. The SMILES string of the molecule is COc1cccc(OC)c1-c1ccc(C[C@H](NCC2(S(=O)(=O)c3ccccc3)CCCNC2)C(=O)O)c(OCc2ccccc2)c1. The fourth-order valence-corrected chi connectivity index (χ4v) is 7.92. The van der Waals surface area contributed by atoms with Gasteiger partial charge in [-0.3, -0.25) is 4.79 Å². The van der Waals surface area contributed by atoms with Crippen molar-refractivity contribution < 1.29 is 32.5 Å². The smallest absolute Gasteiger partial charge is 0.321 e. The van der Waals surface area contributed by atoms with Crippen molar-refractivity contribution in [2.75, 3.05) is 33.9 Å². The number of aliphatic carboxylic acids is 1. The van der Waals surface area contributed by atoms with E-state index in [4.69, 9.17) is 14.2 Å². The number of methoxy groups -OCH3 is 2. The molecule has 1 unspecified atom stereocenters. The summed E-state index contributed by atoms with van der Waals surface area (Å²) in [5.41, 5.74) is 3.14. The van der Waals surface area contributed by atoms with Crippen LogP contribution < -0.4 is 24.8 Å². The summed E-state index contributed by atoms with van der Waals surface area (Å²) in [6, 6.07) is 28.1. The highest BCUT2D eigenvalue weighted by molar-refractivity contribution is 7.93. The van der Waals surface area contributed by atoms with Crippen molar-refractivity contribution in [2.24, 2.45) is 0 Å². The van der Waals surface area contributed by atoms with Crippen LogP contribution in [-0.2, 0) is 27.7 Å². The van der Waals surface area contributed by atoms with E-state index in [1.807, 2.05) is 66.7 Å². The predicted octanol–water partition coefficient (Wildman–Crippen LogP) is 5.13. The highest BCUT2D eigenvalue weighted by Crippen LogP contribution is 2.40. The van der Waals surface area contributed by atoms with Gasteiger partial charge in [-0.1, -0.05) is 66.7 Å². The van der Waals surface area contributed by atoms with Crippen LogP contribution in [0.4, 0.5) is 0 Å². The van der Waals surface area contributed by atoms with Gasteiger partial charge in [0.05, 0.1) is 24.7 Å². The number of carboxylic acid groups (broad SMARTS) is 1. The van der Waals surface area contributed by atoms with E-state index in [2.05, 4.69) is 10.6 Å². The first-order valence-electron chi connectivity index (χ1n) is 15.3. The molecule has 1 aliphatic heterocycles. The van der Waals surface area contributed by atoms with Crippen LogP contribution in [0.25, 0.3) is 11.1 Å². The molecule has 0 bridgehead atoms. The molecule has 0 amide bonds. The molecule has 0 spiro atoms. The van der Waals surface area contributed by atoms with Gasteiger partial charge < -0.3 is 30.0 Å². The van der Waals surface area contributed by atoms with Crippen molar-refractivity contribution in [2.45, 2.75) is 41.6 Å². The van der Waals surface area contributed by atoms with Gasteiger partial charge in [0.25, 0.3) is 0 Å². The second-order valence-electron chi connectivity index (χ2n) is 11.4. The van der Waals surface area contributed by atoms with Crippen LogP contribution in [0.5, 0.6) is 17.2 Å². The molecule has 1 fully saturated rings. The fraction of sp³-hybridized carbons (Fsp3) is 0.306. The van der Waals surface area contributed by atoms with E-state index in [-0.39, 0.29) is 31.0 Å². The predicted molar refractivity (Wildman–Crippen MR) is 177 cm³/mol. The summed E-state index contributed by atoms with van der Waals surface area (Å²) in [5.74, 6) is 0.670. The Hall–Kier alpha value is -4.38. The van der Waals surface area contributed by atoms with Gasteiger partial charge in [0.15, 0.2) is 9.84 Å². The Bertz CT molecular complexity index is 1700. The third kappa shape index (κ3) is 7.20. The van der Waals surface area contributed by atoms with Gasteiger partial charge in [-0.05, 0) is 66.4 Å². The van der Waals surface area contributed by atoms with Crippen molar-refractivity contribution in [1.29, 1.82) is 0 Å². The second kappa shape index (κ2) is 14.8. The summed E-state index contributed by atoms with van der Waals surface area (Å²) in [6.07, 6.45) is 1.14. The second-order valence-corrected chi connectivity index (χ2v) is 13.7. The van der Waals surface area contributed by atoms with E-state index < -0.39 is 26.6 Å². The molecule has 1 saturated heterocycles. The number of hydrogen-bond acceptors (Lipinski definition) is 8. The molecule has 0 aliphatic carbocycles. The van der Waals surface area contributed by atoms with Crippen LogP contribution in [0.3, 0.4) is 0 Å². The van der Waals surface area contributed by atoms with E-state index in [1.165, 1.54) is 0 Å². The Morgan fingerprint density at radius 3 is 2.20 bits per heavy atom. The number of ether oxygens (including phenoxy) is 3. The summed E-state index contributed by atoms with van der Waals surface area (Å²) < 4.78 is 44.3. The Labute approximate surface area is 270 Å². The zero-order valence-electron chi connectivity index (χ0n) is 26.1. The fourth-order valence-electron chi connectivity index (χ4n) is 5.93. The molecule has 2 atom stereocenters. The first-order chi connectivity index (χ1) is 22.3. The third-order valence-electron chi connectivity index (χ3n) is 8.47. The van der Waals surface area contributed by atoms with E-state index in [0.717, 1.165) is 16.7 Å². The lowest BCUT2D eigenvalue weighted by atomic mass is 9.96.